The fraction of sp³-hybridized carbons (Fsp3) is 0.182. The lowest BCUT2D eigenvalue weighted by Gasteiger charge is -2.02. The van der Waals surface area contributed by atoms with Gasteiger partial charge in [-0.3, -0.25) is 0 Å². The quantitative estimate of drug-likeness (QED) is 0.809. The van der Waals surface area contributed by atoms with Gasteiger partial charge in [-0.25, -0.2) is 9.18 Å². The van der Waals surface area contributed by atoms with E-state index < -0.39 is 17.6 Å². The molecule has 0 N–H and O–H groups in total. The van der Waals surface area contributed by atoms with Gasteiger partial charge in [0.2, 0.25) is 10.8 Å². The largest absolute Gasteiger partial charge is 0.461 e. The highest BCUT2D eigenvalue weighted by Crippen LogP contribution is 2.28. The normalized spacial score (nSPS) is 10.3. The smallest absolute Gasteiger partial charge is 0.369 e. The van der Waals surface area contributed by atoms with Gasteiger partial charge in [-0.1, -0.05) is 11.2 Å². The van der Waals surface area contributed by atoms with Crippen molar-refractivity contribution in [2.45, 2.75) is 6.92 Å². The van der Waals surface area contributed by atoms with Crippen LogP contribution < -0.4 is 4.74 Å². The zero-order valence-electron chi connectivity index (χ0n) is 9.72. The van der Waals surface area contributed by atoms with E-state index in [2.05, 4.69) is 10.2 Å². The lowest BCUT2D eigenvalue weighted by atomic mass is 10.3. The van der Waals surface area contributed by atoms with Gasteiger partial charge in [-0.05, 0) is 30.4 Å². The number of carbonyl (C=O) groups excluding carboxylic acids is 1. The van der Waals surface area contributed by atoms with Crippen molar-refractivity contribution in [1.82, 2.24) is 10.2 Å². The third-order valence-electron chi connectivity index (χ3n) is 1.97. The van der Waals surface area contributed by atoms with E-state index in [4.69, 9.17) is 9.47 Å². The number of nitrogens with zero attached hydrogens (tertiary/aromatic N) is 2. The molecule has 0 radical (unpaired) electrons. The Labute approximate surface area is 110 Å². The van der Waals surface area contributed by atoms with E-state index in [0.717, 1.165) is 17.4 Å². The highest BCUT2D eigenvalue weighted by atomic mass is 32.1. The fourth-order valence-electron chi connectivity index (χ4n) is 1.18. The summed E-state index contributed by atoms with van der Waals surface area (Å²) in [5, 5.41) is 6.98. The number of hydrogen-bond donors (Lipinski definition) is 0. The predicted molar refractivity (Wildman–Crippen MR) is 62.3 cm³/mol. The minimum atomic E-state index is -1.13. The maximum atomic E-state index is 13.3. The molecule has 8 heteroatoms. The van der Waals surface area contributed by atoms with Crippen molar-refractivity contribution in [3.8, 4) is 10.9 Å². The Morgan fingerprint density at radius 2 is 2.16 bits per heavy atom. The van der Waals surface area contributed by atoms with Crippen LogP contribution in [0.15, 0.2) is 18.2 Å². The van der Waals surface area contributed by atoms with E-state index in [9.17, 15) is 13.6 Å². The van der Waals surface area contributed by atoms with E-state index in [1.54, 1.807) is 6.92 Å². The van der Waals surface area contributed by atoms with Crippen LogP contribution in [-0.4, -0.2) is 22.8 Å². The van der Waals surface area contributed by atoms with Gasteiger partial charge in [-0.15, -0.1) is 5.10 Å². The zero-order chi connectivity index (χ0) is 13.8. The molecule has 19 heavy (non-hydrogen) atoms. The van der Waals surface area contributed by atoms with Crippen LogP contribution >= 0.6 is 11.3 Å². The van der Waals surface area contributed by atoms with Gasteiger partial charge in [0.25, 0.3) is 5.19 Å². The Hall–Kier alpha value is -2.09. The Morgan fingerprint density at radius 1 is 1.37 bits per heavy atom. The first-order chi connectivity index (χ1) is 9.11. The molecule has 100 valence electrons. The number of aromatic nitrogens is 2. The first-order valence-electron chi connectivity index (χ1n) is 5.24. The molecule has 1 aromatic carbocycles. The standard InChI is InChI=1S/C11H8F2N2O3S/c1-2-17-10(16)9-14-15-11(19-9)18-7-5-3-4-6(12)8(7)13/h3-5H,2H2,1H3. The Morgan fingerprint density at radius 3 is 2.89 bits per heavy atom. The molecule has 0 aliphatic heterocycles. The van der Waals surface area contributed by atoms with Crippen LogP contribution in [0.1, 0.15) is 16.7 Å². The van der Waals surface area contributed by atoms with Gasteiger partial charge < -0.3 is 9.47 Å². The Kier molecular flexibility index (Phi) is 4.00. The molecule has 2 aromatic rings. The first-order valence-corrected chi connectivity index (χ1v) is 6.06. The lowest BCUT2D eigenvalue weighted by molar-refractivity contribution is 0.0525. The van der Waals surface area contributed by atoms with E-state index >= 15 is 0 Å². The van der Waals surface area contributed by atoms with Crippen LogP contribution in [-0.2, 0) is 4.74 Å². The van der Waals surface area contributed by atoms with Crippen molar-refractivity contribution in [2.24, 2.45) is 0 Å². The number of hydrogen-bond acceptors (Lipinski definition) is 6. The number of rotatable bonds is 4. The minimum Gasteiger partial charge on any atom is -0.461 e. The molecule has 1 heterocycles. The van der Waals surface area contributed by atoms with Crippen molar-refractivity contribution < 1.29 is 23.0 Å². The molecule has 0 aliphatic rings. The lowest BCUT2D eigenvalue weighted by Crippen LogP contribution is -2.03. The minimum absolute atomic E-state index is 0.0198. The summed E-state index contributed by atoms with van der Waals surface area (Å²) in [6, 6.07) is 3.50. The van der Waals surface area contributed by atoms with Gasteiger partial charge in [0.05, 0.1) is 6.61 Å². The maximum Gasteiger partial charge on any atom is 0.369 e. The SMILES string of the molecule is CCOC(=O)c1nnc(Oc2cccc(F)c2F)s1. The molecule has 0 saturated heterocycles. The molecule has 0 atom stereocenters. The van der Waals surface area contributed by atoms with Crippen molar-refractivity contribution >= 4 is 17.3 Å². The third-order valence-corrected chi connectivity index (χ3v) is 2.75. The van der Waals surface area contributed by atoms with Crippen molar-refractivity contribution in [2.75, 3.05) is 6.61 Å². The topological polar surface area (TPSA) is 61.3 Å². The van der Waals surface area contributed by atoms with Gasteiger partial charge in [0.15, 0.2) is 11.6 Å². The zero-order valence-corrected chi connectivity index (χ0v) is 10.5. The van der Waals surface area contributed by atoms with Crippen LogP contribution in [0.2, 0.25) is 0 Å². The molecule has 0 aliphatic carbocycles. The molecule has 0 amide bonds. The second kappa shape index (κ2) is 5.70. The average Bonchev–Trinajstić information content (AvgIpc) is 2.84. The van der Waals surface area contributed by atoms with Crippen molar-refractivity contribution in [3.63, 3.8) is 0 Å². The molecular formula is C11H8F2N2O3S. The third kappa shape index (κ3) is 3.02. The second-order valence-electron chi connectivity index (χ2n) is 3.25. The Balaban J connectivity index is 2.16. The Bertz CT molecular complexity index is 603. The summed E-state index contributed by atoms with van der Waals surface area (Å²) in [5.41, 5.74) is 0. The molecule has 0 saturated carbocycles. The number of esters is 1. The second-order valence-corrected chi connectivity index (χ2v) is 4.19. The van der Waals surface area contributed by atoms with Crippen LogP contribution in [0.4, 0.5) is 8.78 Å². The van der Waals surface area contributed by atoms with Crippen LogP contribution in [0.3, 0.4) is 0 Å². The van der Waals surface area contributed by atoms with Crippen molar-refractivity contribution in [3.05, 3.63) is 34.8 Å². The molecule has 0 unspecified atom stereocenters. The summed E-state index contributed by atoms with van der Waals surface area (Å²) >= 11 is 0.782. The monoisotopic (exact) mass is 286 g/mol. The number of halogens is 2. The summed E-state index contributed by atoms with van der Waals surface area (Å²) < 4.78 is 36.0. The van der Waals surface area contributed by atoms with Crippen molar-refractivity contribution in [1.29, 1.82) is 0 Å². The summed E-state index contributed by atoms with van der Waals surface area (Å²) in [6.45, 7) is 1.85. The van der Waals surface area contributed by atoms with E-state index in [-0.39, 0.29) is 22.6 Å². The number of ether oxygens (including phenoxy) is 2. The molecule has 2 rings (SSSR count). The molecule has 0 bridgehead atoms. The van der Waals surface area contributed by atoms with Crippen LogP contribution in [0.5, 0.6) is 10.9 Å². The highest BCUT2D eigenvalue weighted by molar-refractivity contribution is 7.14. The molecule has 0 fully saturated rings. The molecular weight excluding hydrogens is 278 g/mol. The average molecular weight is 286 g/mol. The van der Waals surface area contributed by atoms with Gasteiger partial charge in [0, 0.05) is 0 Å². The summed E-state index contributed by atoms with van der Waals surface area (Å²) in [6.07, 6.45) is 0. The maximum absolute atomic E-state index is 13.3. The number of benzene rings is 1. The van der Waals surface area contributed by atoms with Gasteiger partial charge >= 0.3 is 5.97 Å². The van der Waals surface area contributed by atoms with Gasteiger partial charge in [-0.2, -0.15) is 4.39 Å². The van der Waals surface area contributed by atoms with Crippen LogP contribution in [0.25, 0.3) is 0 Å². The van der Waals surface area contributed by atoms with E-state index in [1.165, 1.54) is 12.1 Å². The van der Waals surface area contributed by atoms with E-state index in [1.807, 2.05) is 0 Å². The number of carbonyl (C=O) groups is 1. The summed E-state index contributed by atoms with van der Waals surface area (Å²) in [5.74, 6) is -3.14. The van der Waals surface area contributed by atoms with Gasteiger partial charge in [0.1, 0.15) is 0 Å². The molecule has 5 nitrogen and oxygen atoms in total. The predicted octanol–water partition coefficient (Wildman–Crippen LogP) is 2.79. The summed E-state index contributed by atoms with van der Waals surface area (Å²) in [4.78, 5) is 11.3. The first kappa shape index (κ1) is 13.3. The molecule has 1 aromatic heterocycles. The van der Waals surface area contributed by atoms with E-state index in [0.29, 0.717) is 0 Å². The highest BCUT2D eigenvalue weighted by Gasteiger charge is 2.17. The van der Waals surface area contributed by atoms with Crippen LogP contribution in [0, 0.1) is 11.6 Å². The fourth-order valence-corrected chi connectivity index (χ4v) is 1.79. The summed E-state index contributed by atoms with van der Waals surface area (Å²) in [7, 11) is 0. The molecule has 0 spiro atoms.